The van der Waals surface area contributed by atoms with E-state index in [9.17, 15) is 0 Å². The molecule has 19 heavy (non-hydrogen) atoms. The summed E-state index contributed by atoms with van der Waals surface area (Å²) in [5.41, 5.74) is 0. The maximum Gasteiger partial charge on any atom is 0.0959 e. The molecule has 1 fully saturated rings. The maximum absolute atomic E-state index is 4.13. The first-order valence-electron chi connectivity index (χ1n) is 7.72. The molecule has 0 aliphatic heterocycles. The Labute approximate surface area is 123 Å². The van der Waals surface area contributed by atoms with Crippen LogP contribution < -0.4 is 0 Å². The smallest absolute Gasteiger partial charge is 0.0959 e. The van der Waals surface area contributed by atoms with Gasteiger partial charge in [-0.2, -0.15) is 0 Å². The Morgan fingerprint density at radius 2 is 1.84 bits per heavy atom. The van der Waals surface area contributed by atoms with Gasteiger partial charge >= 0.3 is 0 Å². The van der Waals surface area contributed by atoms with E-state index >= 15 is 0 Å². The first kappa shape index (κ1) is 16.6. The largest absolute Gasteiger partial charge is 0.250 e. The van der Waals surface area contributed by atoms with Crippen molar-refractivity contribution in [3.8, 4) is 0 Å². The van der Waals surface area contributed by atoms with Gasteiger partial charge in [0.15, 0.2) is 0 Å². The van der Waals surface area contributed by atoms with Gasteiger partial charge in [0.25, 0.3) is 0 Å². The summed E-state index contributed by atoms with van der Waals surface area (Å²) >= 11 is 1.76. The van der Waals surface area contributed by atoms with Crippen LogP contribution in [0.5, 0.6) is 0 Å². The van der Waals surface area contributed by atoms with Gasteiger partial charge < -0.3 is 0 Å². The van der Waals surface area contributed by atoms with Crippen LogP contribution in [-0.2, 0) is 0 Å². The van der Waals surface area contributed by atoms with E-state index in [0.717, 1.165) is 28.5 Å². The molecule has 1 nitrogen and oxygen atoms in total. The Bertz CT molecular complexity index is 315. The van der Waals surface area contributed by atoms with Crippen molar-refractivity contribution in [3.63, 3.8) is 0 Å². The summed E-state index contributed by atoms with van der Waals surface area (Å²) in [6, 6.07) is 5.96. The van der Waals surface area contributed by atoms with Gasteiger partial charge in [-0.05, 0) is 35.6 Å². The summed E-state index contributed by atoms with van der Waals surface area (Å²) < 4.78 is 0. The van der Waals surface area contributed by atoms with E-state index in [1.165, 1.54) is 25.7 Å². The Morgan fingerprint density at radius 3 is 2.26 bits per heavy atom. The highest BCUT2D eigenvalue weighted by Crippen LogP contribution is 2.35. The van der Waals surface area contributed by atoms with Crippen LogP contribution in [0.15, 0.2) is 29.4 Å². The van der Waals surface area contributed by atoms with Crippen molar-refractivity contribution in [3.05, 3.63) is 24.4 Å². The predicted molar refractivity (Wildman–Crippen MR) is 86.6 cm³/mol. The molecule has 1 aromatic heterocycles. The summed E-state index contributed by atoms with van der Waals surface area (Å²) in [6.07, 6.45) is 7.63. The molecule has 0 N–H and O–H groups in total. The van der Waals surface area contributed by atoms with Gasteiger partial charge in [0.2, 0.25) is 0 Å². The molecule has 1 aliphatic rings. The van der Waals surface area contributed by atoms with E-state index < -0.39 is 0 Å². The van der Waals surface area contributed by atoms with Gasteiger partial charge in [-0.25, -0.2) is 4.98 Å². The fourth-order valence-electron chi connectivity index (χ4n) is 3.14. The third-order valence-corrected chi connectivity index (χ3v) is 5.01. The quantitative estimate of drug-likeness (QED) is 0.662. The van der Waals surface area contributed by atoms with Crippen LogP contribution in [0.4, 0.5) is 0 Å². The summed E-state index contributed by atoms with van der Waals surface area (Å²) in [6.45, 7) is 9.30. The van der Waals surface area contributed by atoms with Crippen molar-refractivity contribution in [2.45, 2.75) is 58.4 Å². The molecule has 1 aliphatic carbocycles. The fourth-order valence-corrected chi connectivity index (χ4v) is 3.74. The molecule has 2 unspecified atom stereocenters. The lowest BCUT2D eigenvalue weighted by Crippen LogP contribution is -2.23. The minimum absolute atomic E-state index is 0.994. The number of pyridine rings is 1. The number of rotatable bonds is 3. The first-order chi connectivity index (χ1) is 9.19. The van der Waals surface area contributed by atoms with Crippen molar-refractivity contribution < 1.29 is 0 Å². The van der Waals surface area contributed by atoms with Crippen molar-refractivity contribution >= 4 is 11.8 Å². The second kappa shape index (κ2) is 9.41. The zero-order chi connectivity index (χ0) is 14.1. The van der Waals surface area contributed by atoms with E-state index in [1.54, 1.807) is 11.8 Å². The highest BCUT2D eigenvalue weighted by atomic mass is 32.2. The number of nitrogens with zero attached hydrogens (tertiary/aromatic N) is 1. The monoisotopic (exact) mass is 279 g/mol. The van der Waals surface area contributed by atoms with Gasteiger partial charge in [0.05, 0.1) is 5.03 Å². The molecule has 2 atom stereocenters. The molecule has 108 valence electrons. The van der Waals surface area contributed by atoms with E-state index in [4.69, 9.17) is 0 Å². The van der Waals surface area contributed by atoms with E-state index in [1.807, 2.05) is 24.4 Å². The zero-order valence-corrected chi connectivity index (χ0v) is 13.7. The molecule has 0 radical (unpaired) electrons. The third-order valence-electron chi connectivity index (χ3n) is 4.18. The van der Waals surface area contributed by atoms with Crippen molar-refractivity contribution in [2.24, 2.45) is 17.8 Å². The van der Waals surface area contributed by atoms with Crippen LogP contribution in [0, 0.1) is 17.8 Å². The topological polar surface area (TPSA) is 12.9 Å². The van der Waals surface area contributed by atoms with E-state index in [2.05, 4.69) is 32.7 Å². The van der Waals surface area contributed by atoms with Crippen molar-refractivity contribution in [2.75, 3.05) is 5.75 Å². The second-order valence-electron chi connectivity index (χ2n) is 5.56. The Kier molecular flexibility index (Phi) is 8.20. The molecule has 1 aromatic rings. The van der Waals surface area contributed by atoms with E-state index in [0.29, 0.717) is 0 Å². The number of aromatic nitrogens is 1. The van der Waals surface area contributed by atoms with Crippen LogP contribution in [0.2, 0.25) is 0 Å². The van der Waals surface area contributed by atoms with Crippen molar-refractivity contribution in [1.29, 1.82) is 0 Å². The second-order valence-corrected chi connectivity index (χ2v) is 6.84. The fraction of sp³-hybridized carbons (Fsp3) is 0.706. The number of hydrogen-bond acceptors (Lipinski definition) is 2. The molecule has 0 amide bonds. The van der Waals surface area contributed by atoms with Crippen LogP contribution >= 0.6 is 11.8 Å². The minimum Gasteiger partial charge on any atom is -0.250 e. The summed E-state index contributed by atoms with van der Waals surface area (Å²) in [4.78, 5) is 4.13. The molecule has 0 spiro atoms. The summed E-state index contributed by atoms with van der Waals surface area (Å²) in [5.74, 6) is 4.10. The summed E-state index contributed by atoms with van der Waals surface area (Å²) in [7, 11) is 0. The van der Waals surface area contributed by atoms with Crippen LogP contribution in [-0.4, -0.2) is 10.7 Å². The molecule has 0 bridgehead atoms. The molecule has 0 aromatic carbocycles. The Balaban J connectivity index is 0.000000191. The third kappa shape index (κ3) is 5.99. The van der Waals surface area contributed by atoms with Gasteiger partial charge in [-0.1, -0.05) is 59.4 Å². The van der Waals surface area contributed by atoms with Gasteiger partial charge in [0, 0.05) is 6.20 Å². The van der Waals surface area contributed by atoms with Gasteiger partial charge in [0.1, 0.15) is 0 Å². The predicted octanol–water partition coefficient (Wildman–Crippen LogP) is 5.66. The Hall–Kier alpha value is -0.500. The van der Waals surface area contributed by atoms with Gasteiger partial charge in [-0.3, -0.25) is 0 Å². The zero-order valence-electron chi connectivity index (χ0n) is 12.9. The molecule has 0 saturated heterocycles. The lowest BCUT2D eigenvalue weighted by molar-refractivity contribution is 0.174. The normalized spacial score (nSPS) is 26.4. The molecule has 1 saturated carbocycles. The van der Waals surface area contributed by atoms with Crippen molar-refractivity contribution in [1.82, 2.24) is 4.98 Å². The highest BCUT2D eigenvalue weighted by Gasteiger charge is 2.25. The average molecular weight is 279 g/mol. The first-order valence-corrected chi connectivity index (χ1v) is 8.71. The lowest BCUT2D eigenvalue weighted by Gasteiger charge is -2.33. The molecule has 2 rings (SSSR count). The average Bonchev–Trinajstić information content (AvgIpc) is 2.41. The standard InChI is InChI=1S/C10H20.C7H9NS/c1-4-10-8(2)6-5-7-9(10)3;1-2-9-7-5-3-4-6-8-7/h8-10H,4-7H2,1-3H3;3-6H,2H2,1H3. The van der Waals surface area contributed by atoms with E-state index in [-0.39, 0.29) is 0 Å². The Morgan fingerprint density at radius 1 is 1.16 bits per heavy atom. The number of thioether (sulfide) groups is 1. The molecular weight excluding hydrogens is 250 g/mol. The molecule has 2 heteroatoms. The molecular formula is C17H29NS. The number of hydrogen-bond donors (Lipinski definition) is 0. The lowest BCUT2D eigenvalue weighted by atomic mass is 9.72. The molecule has 1 heterocycles. The van der Waals surface area contributed by atoms with Crippen LogP contribution in [0.25, 0.3) is 0 Å². The van der Waals surface area contributed by atoms with Crippen LogP contribution in [0.3, 0.4) is 0 Å². The van der Waals surface area contributed by atoms with Gasteiger partial charge in [-0.15, -0.1) is 11.8 Å². The SMILES string of the molecule is CCC1C(C)CCCC1C.CCSc1ccccn1. The van der Waals surface area contributed by atoms with Crippen LogP contribution in [0.1, 0.15) is 53.4 Å². The maximum atomic E-state index is 4.13. The highest BCUT2D eigenvalue weighted by molar-refractivity contribution is 7.99. The summed E-state index contributed by atoms with van der Waals surface area (Å²) in [5, 5.41) is 1.11. The minimum atomic E-state index is 0.994.